The highest BCUT2D eigenvalue weighted by molar-refractivity contribution is 7.89. The number of nitrogens with zero attached hydrogens (tertiary/aromatic N) is 1. The Hall–Kier alpha value is -0.820. The van der Waals surface area contributed by atoms with Crippen LogP contribution in [0.1, 0.15) is 18.4 Å². The van der Waals surface area contributed by atoms with Crippen LogP contribution in [0.2, 0.25) is 5.02 Å². The number of nitrogen functional groups attached to an aromatic ring is 1. The van der Waals surface area contributed by atoms with Gasteiger partial charge in [-0.05, 0) is 44.5 Å². The van der Waals surface area contributed by atoms with Crippen molar-refractivity contribution in [1.29, 1.82) is 0 Å². The lowest BCUT2D eigenvalue weighted by molar-refractivity contribution is 0.329. The SMILES string of the molecule is Cc1cc(Cl)c(N)cc1S(=O)(=O)NCCN(C)C1CC1. The summed E-state index contributed by atoms with van der Waals surface area (Å²) in [6.45, 7) is 2.79. The normalized spacial score (nSPS) is 15.8. The molecular weight excluding hydrogens is 298 g/mol. The van der Waals surface area contributed by atoms with E-state index in [-0.39, 0.29) is 10.6 Å². The summed E-state index contributed by atoms with van der Waals surface area (Å²) < 4.78 is 27.1. The molecule has 1 fully saturated rings. The summed E-state index contributed by atoms with van der Waals surface area (Å²) >= 11 is 5.88. The van der Waals surface area contributed by atoms with Crippen LogP contribution in [0.4, 0.5) is 5.69 Å². The molecule has 0 bridgehead atoms. The summed E-state index contributed by atoms with van der Waals surface area (Å²) in [5.41, 5.74) is 6.54. The van der Waals surface area contributed by atoms with Gasteiger partial charge in [-0.15, -0.1) is 0 Å². The predicted molar refractivity (Wildman–Crippen MR) is 81.4 cm³/mol. The molecule has 20 heavy (non-hydrogen) atoms. The van der Waals surface area contributed by atoms with Gasteiger partial charge in [0.2, 0.25) is 10.0 Å². The maximum atomic E-state index is 12.3. The molecule has 0 radical (unpaired) electrons. The quantitative estimate of drug-likeness (QED) is 0.782. The van der Waals surface area contributed by atoms with Crippen LogP contribution in [0.15, 0.2) is 17.0 Å². The summed E-state index contributed by atoms with van der Waals surface area (Å²) in [5, 5.41) is 0.370. The zero-order valence-corrected chi connectivity index (χ0v) is 13.3. The molecule has 2 rings (SSSR count). The van der Waals surface area contributed by atoms with Crippen LogP contribution in [0.5, 0.6) is 0 Å². The molecule has 0 amide bonds. The molecule has 0 unspecified atom stereocenters. The third-order valence-electron chi connectivity index (χ3n) is 3.51. The van der Waals surface area contributed by atoms with Gasteiger partial charge < -0.3 is 10.6 Å². The third kappa shape index (κ3) is 3.63. The first kappa shape index (κ1) is 15.6. The summed E-state index contributed by atoms with van der Waals surface area (Å²) in [7, 11) is -1.54. The van der Waals surface area contributed by atoms with E-state index in [1.165, 1.54) is 18.9 Å². The number of hydrogen-bond donors (Lipinski definition) is 2. The Morgan fingerprint density at radius 1 is 1.45 bits per heavy atom. The second-order valence-electron chi connectivity index (χ2n) is 5.25. The Morgan fingerprint density at radius 2 is 2.10 bits per heavy atom. The van der Waals surface area contributed by atoms with Crippen molar-refractivity contribution in [3.63, 3.8) is 0 Å². The first-order chi connectivity index (χ1) is 9.31. The van der Waals surface area contributed by atoms with E-state index >= 15 is 0 Å². The minimum Gasteiger partial charge on any atom is -0.397 e. The fraction of sp³-hybridized carbons (Fsp3) is 0.538. The van der Waals surface area contributed by atoms with Crippen molar-refractivity contribution in [2.24, 2.45) is 0 Å². The highest BCUT2D eigenvalue weighted by atomic mass is 35.5. The second-order valence-corrected chi connectivity index (χ2v) is 7.39. The Bertz CT molecular complexity index is 600. The van der Waals surface area contributed by atoms with Gasteiger partial charge in [-0.3, -0.25) is 0 Å². The van der Waals surface area contributed by atoms with Gasteiger partial charge >= 0.3 is 0 Å². The number of halogens is 1. The minimum atomic E-state index is -3.55. The van der Waals surface area contributed by atoms with E-state index < -0.39 is 10.0 Å². The van der Waals surface area contributed by atoms with Crippen molar-refractivity contribution in [3.8, 4) is 0 Å². The zero-order chi connectivity index (χ0) is 14.9. The monoisotopic (exact) mass is 317 g/mol. The molecule has 0 heterocycles. The van der Waals surface area contributed by atoms with Gasteiger partial charge in [-0.2, -0.15) is 0 Å². The van der Waals surface area contributed by atoms with Crippen molar-refractivity contribution in [1.82, 2.24) is 9.62 Å². The third-order valence-corrected chi connectivity index (χ3v) is 5.44. The number of hydrogen-bond acceptors (Lipinski definition) is 4. The number of nitrogens with two attached hydrogens (primary N) is 1. The number of anilines is 1. The smallest absolute Gasteiger partial charge is 0.240 e. The van der Waals surface area contributed by atoms with Crippen LogP contribution in [0, 0.1) is 6.92 Å². The van der Waals surface area contributed by atoms with E-state index in [2.05, 4.69) is 9.62 Å². The van der Waals surface area contributed by atoms with E-state index in [9.17, 15) is 8.42 Å². The molecule has 0 spiro atoms. The Labute approximate surface area is 125 Å². The van der Waals surface area contributed by atoms with Crippen LogP contribution in [0.25, 0.3) is 0 Å². The maximum Gasteiger partial charge on any atom is 0.240 e. The Kier molecular flexibility index (Phi) is 4.59. The van der Waals surface area contributed by atoms with Gasteiger partial charge in [0, 0.05) is 19.1 Å². The molecule has 0 aliphatic heterocycles. The molecule has 1 aromatic carbocycles. The van der Waals surface area contributed by atoms with Crippen LogP contribution < -0.4 is 10.5 Å². The molecule has 3 N–H and O–H groups in total. The fourth-order valence-electron chi connectivity index (χ4n) is 2.09. The van der Waals surface area contributed by atoms with Crippen molar-refractivity contribution in [2.75, 3.05) is 25.9 Å². The Morgan fingerprint density at radius 3 is 2.70 bits per heavy atom. The number of aryl methyl sites for hydroxylation is 1. The highest BCUT2D eigenvalue weighted by Gasteiger charge is 2.26. The summed E-state index contributed by atoms with van der Waals surface area (Å²) in [4.78, 5) is 2.36. The molecule has 0 saturated heterocycles. The lowest BCUT2D eigenvalue weighted by atomic mass is 10.2. The first-order valence-corrected chi connectivity index (χ1v) is 8.43. The number of nitrogens with one attached hydrogen (secondary N) is 1. The number of likely N-dealkylation sites (N-methyl/N-ethyl adjacent to an activating group) is 1. The number of benzene rings is 1. The average Bonchev–Trinajstić information content (AvgIpc) is 3.17. The molecular formula is C13H20ClN3O2S. The topological polar surface area (TPSA) is 75.4 Å². The van der Waals surface area contributed by atoms with E-state index in [1.807, 2.05) is 7.05 Å². The molecule has 1 saturated carbocycles. The van der Waals surface area contributed by atoms with Gasteiger partial charge in [0.1, 0.15) is 0 Å². The molecule has 1 aliphatic carbocycles. The highest BCUT2D eigenvalue weighted by Crippen LogP contribution is 2.26. The molecule has 0 aromatic heterocycles. The standard InChI is InChI=1S/C13H20ClN3O2S/c1-9-7-11(14)12(15)8-13(9)20(18,19)16-5-6-17(2)10-3-4-10/h7-8,10,16H,3-6,15H2,1-2H3. The fourth-order valence-corrected chi connectivity index (χ4v) is 3.59. The van der Waals surface area contributed by atoms with E-state index in [0.717, 1.165) is 0 Å². The Balaban J connectivity index is 2.04. The number of rotatable bonds is 6. The average molecular weight is 318 g/mol. The molecule has 7 heteroatoms. The lowest BCUT2D eigenvalue weighted by Gasteiger charge is -2.16. The van der Waals surface area contributed by atoms with E-state index in [4.69, 9.17) is 17.3 Å². The zero-order valence-electron chi connectivity index (χ0n) is 11.7. The van der Waals surface area contributed by atoms with Crippen molar-refractivity contribution < 1.29 is 8.42 Å². The summed E-state index contributed by atoms with van der Waals surface area (Å²) in [5.74, 6) is 0. The van der Waals surface area contributed by atoms with Crippen molar-refractivity contribution >= 4 is 27.3 Å². The van der Waals surface area contributed by atoms with Gasteiger partial charge in [-0.25, -0.2) is 13.1 Å². The van der Waals surface area contributed by atoms with Crippen LogP contribution >= 0.6 is 11.6 Å². The largest absolute Gasteiger partial charge is 0.397 e. The molecule has 0 atom stereocenters. The van der Waals surface area contributed by atoms with Gasteiger partial charge in [0.05, 0.1) is 15.6 Å². The van der Waals surface area contributed by atoms with E-state index in [0.29, 0.717) is 29.7 Å². The van der Waals surface area contributed by atoms with Crippen LogP contribution in [-0.4, -0.2) is 39.5 Å². The van der Waals surface area contributed by atoms with Crippen molar-refractivity contribution in [2.45, 2.75) is 30.7 Å². The maximum absolute atomic E-state index is 12.3. The second kappa shape index (κ2) is 5.89. The van der Waals surface area contributed by atoms with Crippen LogP contribution in [-0.2, 0) is 10.0 Å². The summed E-state index contributed by atoms with van der Waals surface area (Å²) in [6, 6.07) is 3.60. The van der Waals surface area contributed by atoms with Gasteiger partial charge in [-0.1, -0.05) is 11.6 Å². The summed E-state index contributed by atoms with van der Waals surface area (Å²) in [6.07, 6.45) is 2.41. The van der Waals surface area contributed by atoms with E-state index in [1.54, 1.807) is 13.0 Å². The molecule has 1 aliphatic rings. The molecule has 112 valence electrons. The lowest BCUT2D eigenvalue weighted by Crippen LogP contribution is -2.34. The van der Waals surface area contributed by atoms with Gasteiger partial charge in [0.15, 0.2) is 0 Å². The first-order valence-electron chi connectivity index (χ1n) is 6.57. The van der Waals surface area contributed by atoms with Gasteiger partial charge in [0.25, 0.3) is 0 Å². The molecule has 5 nitrogen and oxygen atoms in total. The van der Waals surface area contributed by atoms with Crippen LogP contribution in [0.3, 0.4) is 0 Å². The predicted octanol–water partition coefficient (Wildman–Crippen LogP) is 1.60. The van der Waals surface area contributed by atoms with Crippen molar-refractivity contribution in [3.05, 3.63) is 22.7 Å². The minimum absolute atomic E-state index is 0.188. The number of sulfonamides is 1. The molecule has 1 aromatic rings.